The molecule has 1 fully saturated rings. The van der Waals surface area contributed by atoms with E-state index in [0.29, 0.717) is 39.9 Å². The van der Waals surface area contributed by atoms with Crippen LogP contribution in [-0.2, 0) is 4.74 Å². The first-order chi connectivity index (χ1) is 16.4. The van der Waals surface area contributed by atoms with Gasteiger partial charge in [0, 0.05) is 17.7 Å². The van der Waals surface area contributed by atoms with E-state index < -0.39 is 12.2 Å². The van der Waals surface area contributed by atoms with Crippen LogP contribution in [0, 0.1) is 0 Å². The third kappa shape index (κ3) is 4.40. The fourth-order valence-electron chi connectivity index (χ4n) is 3.72. The second-order valence-corrected chi connectivity index (χ2v) is 7.53. The Bertz CT molecular complexity index is 1190. The molecule has 4 rings (SSSR count). The smallest absolute Gasteiger partial charge is 0.415 e. The van der Waals surface area contributed by atoms with E-state index in [1.807, 2.05) is 0 Å². The molecule has 0 aliphatic carbocycles. The number of nitrogens with one attached hydrogen (secondary N) is 1. The van der Waals surface area contributed by atoms with Crippen molar-refractivity contribution in [3.8, 4) is 17.2 Å². The molecule has 1 saturated heterocycles. The quantitative estimate of drug-likeness (QED) is 0.504. The first kappa shape index (κ1) is 22.8. The van der Waals surface area contributed by atoms with Crippen molar-refractivity contribution in [3.05, 3.63) is 71.8 Å². The summed E-state index contributed by atoms with van der Waals surface area (Å²) in [5, 5.41) is 2.79. The summed E-state index contributed by atoms with van der Waals surface area (Å²) in [5.74, 6) is 1.01. The molecular formula is C25H25N3O6. The van der Waals surface area contributed by atoms with Gasteiger partial charge in [0.15, 0.2) is 11.5 Å². The fourth-order valence-corrected chi connectivity index (χ4v) is 3.72. The summed E-state index contributed by atoms with van der Waals surface area (Å²) >= 11 is 0. The predicted molar refractivity (Wildman–Crippen MR) is 128 cm³/mol. The molecule has 1 atom stereocenters. The number of nitrogen functional groups attached to an aromatic ring is 1. The number of nitrogens with zero attached hydrogens (tertiary/aromatic N) is 1. The topological polar surface area (TPSA) is 112 Å². The first-order valence-corrected chi connectivity index (χ1v) is 10.5. The van der Waals surface area contributed by atoms with Gasteiger partial charge in [0.05, 0.1) is 44.9 Å². The molecule has 2 amide bonds. The van der Waals surface area contributed by atoms with Crippen molar-refractivity contribution in [2.24, 2.45) is 0 Å². The molecule has 1 heterocycles. The average molecular weight is 463 g/mol. The summed E-state index contributed by atoms with van der Waals surface area (Å²) in [5.41, 5.74) is 8.69. The summed E-state index contributed by atoms with van der Waals surface area (Å²) < 4.78 is 21.7. The average Bonchev–Trinajstić information content (AvgIpc) is 3.26. The van der Waals surface area contributed by atoms with Gasteiger partial charge in [-0.2, -0.15) is 0 Å². The van der Waals surface area contributed by atoms with E-state index in [1.165, 1.54) is 26.2 Å². The zero-order valence-electron chi connectivity index (χ0n) is 19.0. The maximum Gasteiger partial charge on any atom is 0.415 e. The molecule has 9 nitrogen and oxygen atoms in total. The van der Waals surface area contributed by atoms with Crippen molar-refractivity contribution in [3.63, 3.8) is 0 Å². The molecule has 0 radical (unpaired) electrons. The van der Waals surface area contributed by atoms with Crippen LogP contribution in [0.5, 0.6) is 17.2 Å². The summed E-state index contributed by atoms with van der Waals surface area (Å²) in [7, 11) is 4.53. The Hall–Kier alpha value is -4.40. The Morgan fingerprint density at radius 3 is 2.24 bits per heavy atom. The van der Waals surface area contributed by atoms with E-state index in [1.54, 1.807) is 60.7 Å². The number of carbonyl (C=O) groups is 2. The zero-order chi connectivity index (χ0) is 24.2. The van der Waals surface area contributed by atoms with Gasteiger partial charge in [0.25, 0.3) is 5.91 Å². The third-order valence-electron chi connectivity index (χ3n) is 5.53. The Morgan fingerprint density at radius 2 is 1.65 bits per heavy atom. The maximum atomic E-state index is 12.6. The minimum Gasteiger partial charge on any atom is -0.493 e. The molecule has 0 saturated carbocycles. The fraction of sp³-hybridized carbons (Fsp3) is 0.200. The normalized spacial score (nSPS) is 15.0. The highest BCUT2D eigenvalue weighted by Gasteiger charge is 2.34. The van der Waals surface area contributed by atoms with Crippen LogP contribution in [-0.4, -0.2) is 39.9 Å². The van der Waals surface area contributed by atoms with E-state index in [-0.39, 0.29) is 12.5 Å². The van der Waals surface area contributed by atoms with Gasteiger partial charge in [-0.3, -0.25) is 9.69 Å². The van der Waals surface area contributed by atoms with Crippen molar-refractivity contribution in [2.45, 2.75) is 6.10 Å². The van der Waals surface area contributed by atoms with Crippen LogP contribution in [0.1, 0.15) is 22.0 Å². The Labute approximate surface area is 197 Å². The number of nitrogens with two attached hydrogens (primary N) is 1. The lowest BCUT2D eigenvalue weighted by Gasteiger charge is -2.18. The highest BCUT2D eigenvalue weighted by atomic mass is 16.6. The Balaban J connectivity index is 1.50. The number of benzene rings is 3. The first-order valence-electron chi connectivity index (χ1n) is 10.5. The van der Waals surface area contributed by atoms with Crippen LogP contribution in [0.4, 0.5) is 21.9 Å². The van der Waals surface area contributed by atoms with Crippen LogP contribution < -0.4 is 30.2 Å². The van der Waals surface area contributed by atoms with Crippen LogP contribution in [0.25, 0.3) is 0 Å². The summed E-state index contributed by atoms with van der Waals surface area (Å²) in [4.78, 5) is 26.7. The van der Waals surface area contributed by atoms with Crippen LogP contribution in [0.3, 0.4) is 0 Å². The molecule has 0 bridgehead atoms. The molecule has 9 heteroatoms. The zero-order valence-corrected chi connectivity index (χ0v) is 19.0. The van der Waals surface area contributed by atoms with Crippen molar-refractivity contribution in [1.29, 1.82) is 0 Å². The van der Waals surface area contributed by atoms with E-state index in [0.717, 1.165) is 5.56 Å². The number of methoxy groups -OCH3 is 3. The van der Waals surface area contributed by atoms with Crippen molar-refractivity contribution in [2.75, 3.05) is 43.8 Å². The van der Waals surface area contributed by atoms with E-state index in [2.05, 4.69) is 5.32 Å². The van der Waals surface area contributed by atoms with Gasteiger partial charge >= 0.3 is 6.09 Å². The molecule has 0 spiro atoms. The van der Waals surface area contributed by atoms with E-state index in [4.69, 9.17) is 24.7 Å². The molecule has 3 aromatic rings. The minimum atomic E-state index is -0.506. The van der Waals surface area contributed by atoms with Gasteiger partial charge in [0.2, 0.25) is 5.75 Å². The van der Waals surface area contributed by atoms with Crippen LogP contribution in [0.15, 0.2) is 60.7 Å². The van der Waals surface area contributed by atoms with Crippen LogP contribution >= 0.6 is 0 Å². The Kier molecular flexibility index (Phi) is 6.44. The molecule has 3 N–H and O–H groups in total. The Morgan fingerprint density at radius 1 is 1.00 bits per heavy atom. The number of ether oxygens (including phenoxy) is 4. The number of hydrogen-bond acceptors (Lipinski definition) is 7. The van der Waals surface area contributed by atoms with E-state index in [9.17, 15) is 9.59 Å². The lowest BCUT2D eigenvalue weighted by atomic mass is 10.1. The molecule has 1 aliphatic rings. The third-order valence-corrected chi connectivity index (χ3v) is 5.53. The second kappa shape index (κ2) is 9.62. The summed E-state index contributed by atoms with van der Waals surface area (Å²) in [6.07, 6.45) is -1.01. The second-order valence-electron chi connectivity index (χ2n) is 7.53. The highest BCUT2D eigenvalue weighted by Crippen LogP contribution is 2.42. The number of amides is 2. The van der Waals surface area contributed by atoms with Crippen molar-refractivity contribution < 1.29 is 28.5 Å². The molecule has 1 aliphatic heterocycles. The number of carbonyl (C=O) groups excluding carboxylic acids is 2. The number of cyclic esters (lactones) is 1. The molecule has 176 valence electrons. The molecule has 1 unspecified atom stereocenters. The largest absolute Gasteiger partial charge is 0.493 e. The molecular weight excluding hydrogens is 438 g/mol. The van der Waals surface area contributed by atoms with Crippen molar-refractivity contribution in [1.82, 2.24) is 0 Å². The van der Waals surface area contributed by atoms with Gasteiger partial charge in [-0.15, -0.1) is 0 Å². The van der Waals surface area contributed by atoms with E-state index >= 15 is 0 Å². The van der Waals surface area contributed by atoms with Gasteiger partial charge in [-0.05, 0) is 29.8 Å². The molecule has 34 heavy (non-hydrogen) atoms. The number of rotatable bonds is 7. The summed E-state index contributed by atoms with van der Waals surface area (Å²) in [6.45, 7) is 0.281. The minimum absolute atomic E-state index is 0.281. The van der Waals surface area contributed by atoms with Gasteiger partial charge in [-0.25, -0.2) is 4.79 Å². The number of anilines is 3. The van der Waals surface area contributed by atoms with Crippen molar-refractivity contribution >= 4 is 29.1 Å². The molecule has 0 aromatic heterocycles. The lowest BCUT2D eigenvalue weighted by Crippen LogP contribution is -2.23. The predicted octanol–water partition coefficient (Wildman–Crippen LogP) is 4.24. The SMILES string of the molecule is COc1cc(N2CC(c3ccc(C(=O)Nc4ccccc4N)cc3)OC2=O)cc(OC)c1OC. The standard InChI is InChI=1S/C25H25N3O6/c1-31-20-12-17(13-21(32-2)23(20)33-3)28-14-22(34-25(28)30)15-8-10-16(11-9-15)24(29)27-19-7-5-4-6-18(19)26/h4-13,22H,14,26H2,1-3H3,(H,27,29). The number of hydrogen-bond donors (Lipinski definition) is 2. The maximum absolute atomic E-state index is 12.6. The van der Waals surface area contributed by atoms with Gasteiger partial charge in [0.1, 0.15) is 6.10 Å². The van der Waals surface area contributed by atoms with Gasteiger partial charge in [-0.1, -0.05) is 24.3 Å². The monoisotopic (exact) mass is 463 g/mol. The highest BCUT2D eigenvalue weighted by molar-refractivity contribution is 6.05. The molecule has 3 aromatic carbocycles. The number of para-hydroxylation sites is 2. The van der Waals surface area contributed by atoms with Crippen LogP contribution in [0.2, 0.25) is 0 Å². The van der Waals surface area contributed by atoms with Gasteiger partial charge < -0.3 is 30.0 Å². The lowest BCUT2D eigenvalue weighted by molar-refractivity contribution is 0.102. The summed E-state index contributed by atoms with van der Waals surface area (Å²) in [6, 6.07) is 17.3.